The van der Waals surface area contributed by atoms with Gasteiger partial charge in [-0.2, -0.15) is 0 Å². The largest absolute Gasteiger partial charge is 0.468 e. The molecule has 1 aliphatic rings. The molecule has 1 amide bonds. The van der Waals surface area contributed by atoms with E-state index >= 15 is 0 Å². The van der Waals surface area contributed by atoms with Crippen LogP contribution in [0.1, 0.15) is 27.2 Å². The Morgan fingerprint density at radius 1 is 1.33 bits per heavy atom. The van der Waals surface area contributed by atoms with Gasteiger partial charge in [0.1, 0.15) is 11.6 Å². The Hall–Kier alpha value is -1.01. The summed E-state index contributed by atoms with van der Waals surface area (Å²) in [5.41, 5.74) is -0.516. The number of methoxy groups -OCH3 is 1. The first kappa shape index (κ1) is 17.0. The smallest absolute Gasteiger partial charge is 0.407 e. The summed E-state index contributed by atoms with van der Waals surface area (Å²) in [7, 11) is 1.35. The molecule has 0 aromatic heterocycles. The van der Waals surface area contributed by atoms with Gasteiger partial charge < -0.3 is 20.1 Å². The van der Waals surface area contributed by atoms with E-state index in [0.29, 0.717) is 13.0 Å². The molecule has 0 saturated carbocycles. The van der Waals surface area contributed by atoms with Gasteiger partial charge in [0.2, 0.25) is 0 Å². The maximum absolute atomic E-state index is 11.5. The zero-order valence-electron chi connectivity index (χ0n) is 11.1. The van der Waals surface area contributed by atoms with Crippen LogP contribution in [-0.4, -0.2) is 43.4 Å². The van der Waals surface area contributed by atoms with Crippen LogP contribution in [0.25, 0.3) is 0 Å². The Balaban J connectivity index is 0.00000289. The SMILES string of the molecule is COC(=O)C1CC(NC(=O)OC(C)(C)C)CN1.Cl. The number of alkyl carbamates (subject to hydrolysis) is 1. The van der Waals surface area contributed by atoms with Gasteiger partial charge in [-0.15, -0.1) is 12.4 Å². The van der Waals surface area contributed by atoms with Crippen LogP contribution >= 0.6 is 12.4 Å². The van der Waals surface area contributed by atoms with Crippen molar-refractivity contribution in [1.82, 2.24) is 10.6 Å². The zero-order chi connectivity index (χ0) is 13.1. The average Bonchev–Trinajstić information content (AvgIpc) is 2.62. The summed E-state index contributed by atoms with van der Waals surface area (Å²) in [6.07, 6.45) is 0.0566. The molecular weight excluding hydrogens is 260 g/mol. The molecule has 1 fully saturated rings. The van der Waals surface area contributed by atoms with E-state index in [-0.39, 0.29) is 30.5 Å². The predicted octanol–water partition coefficient (Wildman–Crippen LogP) is 0.836. The second-order valence-corrected chi connectivity index (χ2v) is 5.06. The van der Waals surface area contributed by atoms with E-state index in [9.17, 15) is 9.59 Å². The van der Waals surface area contributed by atoms with Gasteiger partial charge in [0.25, 0.3) is 0 Å². The molecule has 0 bridgehead atoms. The Morgan fingerprint density at radius 3 is 2.44 bits per heavy atom. The summed E-state index contributed by atoms with van der Waals surface area (Å²) in [4.78, 5) is 22.7. The minimum absolute atomic E-state index is 0. The lowest BCUT2D eigenvalue weighted by Gasteiger charge is -2.21. The molecule has 1 aliphatic heterocycles. The van der Waals surface area contributed by atoms with E-state index in [1.54, 1.807) is 20.8 Å². The predicted molar refractivity (Wildman–Crippen MR) is 68.8 cm³/mol. The monoisotopic (exact) mass is 280 g/mol. The van der Waals surface area contributed by atoms with E-state index in [1.807, 2.05) is 0 Å². The summed E-state index contributed by atoms with van der Waals surface area (Å²) >= 11 is 0. The molecule has 1 heterocycles. The van der Waals surface area contributed by atoms with Crippen LogP contribution in [0.2, 0.25) is 0 Å². The van der Waals surface area contributed by atoms with Crippen LogP contribution in [0, 0.1) is 0 Å². The summed E-state index contributed by atoms with van der Waals surface area (Å²) in [5.74, 6) is -0.307. The van der Waals surface area contributed by atoms with Crippen molar-refractivity contribution in [2.45, 2.75) is 44.9 Å². The van der Waals surface area contributed by atoms with Crippen molar-refractivity contribution in [3.05, 3.63) is 0 Å². The van der Waals surface area contributed by atoms with Crippen molar-refractivity contribution in [2.75, 3.05) is 13.7 Å². The van der Waals surface area contributed by atoms with Crippen LogP contribution in [0.3, 0.4) is 0 Å². The van der Waals surface area contributed by atoms with Crippen LogP contribution in [0.15, 0.2) is 0 Å². The molecule has 0 aliphatic carbocycles. The van der Waals surface area contributed by atoms with Crippen LogP contribution in [-0.2, 0) is 14.3 Å². The van der Waals surface area contributed by atoms with Crippen molar-refractivity contribution < 1.29 is 19.1 Å². The standard InChI is InChI=1S/C11H20N2O4.ClH/c1-11(2,3)17-10(15)13-7-5-8(12-6-7)9(14)16-4;/h7-8,12H,5-6H2,1-4H3,(H,13,15);1H. The highest BCUT2D eigenvalue weighted by Crippen LogP contribution is 2.10. The van der Waals surface area contributed by atoms with Crippen molar-refractivity contribution in [3.8, 4) is 0 Å². The fourth-order valence-electron chi connectivity index (χ4n) is 1.64. The highest BCUT2D eigenvalue weighted by Gasteiger charge is 2.31. The lowest BCUT2D eigenvalue weighted by Crippen LogP contribution is -2.40. The van der Waals surface area contributed by atoms with Crippen molar-refractivity contribution >= 4 is 24.5 Å². The first-order chi connectivity index (χ1) is 7.81. The molecule has 1 rings (SSSR count). The highest BCUT2D eigenvalue weighted by molar-refractivity contribution is 5.85. The highest BCUT2D eigenvalue weighted by atomic mass is 35.5. The number of ether oxygens (including phenoxy) is 2. The van der Waals surface area contributed by atoms with Crippen molar-refractivity contribution in [1.29, 1.82) is 0 Å². The van der Waals surface area contributed by atoms with E-state index < -0.39 is 11.7 Å². The number of rotatable bonds is 2. The first-order valence-corrected chi connectivity index (χ1v) is 5.62. The molecule has 0 aromatic carbocycles. The van der Waals surface area contributed by atoms with Crippen LogP contribution < -0.4 is 10.6 Å². The summed E-state index contributed by atoms with van der Waals surface area (Å²) in [5, 5.41) is 5.69. The number of halogens is 1. The summed E-state index contributed by atoms with van der Waals surface area (Å²) in [6.45, 7) is 5.95. The Kier molecular flexibility index (Phi) is 6.42. The lowest BCUT2D eigenvalue weighted by molar-refractivity contribution is -0.142. The maximum atomic E-state index is 11.5. The van der Waals surface area contributed by atoms with E-state index in [4.69, 9.17) is 4.74 Å². The third kappa shape index (κ3) is 5.55. The number of esters is 1. The fraction of sp³-hybridized carbons (Fsp3) is 0.818. The number of carbonyl (C=O) groups excluding carboxylic acids is 2. The molecule has 0 aromatic rings. The number of amides is 1. The topological polar surface area (TPSA) is 76.7 Å². The van der Waals surface area contributed by atoms with Gasteiger partial charge in [-0.25, -0.2) is 4.79 Å². The third-order valence-electron chi connectivity index (χ3n) is 2.34. The zero-order valence-corrected chi connectivity index (χ0v) is 11.9. The van der Waals surface area contributed by atoms with Gasteiger partial charge in [-0.05, 0) is 27.2 Å². The normalized spacial score (nSPS) is 22.9. The molecule has 2 unspecified atom stereocenters. The van der Waals surface area contributed by atoms with Gasteiger partial charge in [-0.1, -0.05) is 0 Å². The second-order valence-electron chi connectivity index (χ2n) is 5.06. The van der Waals surface area contributed by atoms with Crippen molar-refractivity contribution in [3.63, 3.8) is 0 Å². The average molecular weight is 281 g/mol. The second kappa shape index (κ2) is 6.80. The molecule has 6 nitrogen and oxygen atoms in total. The van der Waals surface area contributed by atoms with Crippen molar-refractivity contribution in [2.24, 2.45) is 0 Å². The molecule has 0 spiro atoms. The number of nitrogens with one attached hydrogen (secondary N) is 2. The van der Waals surface area contributed by atoms with E-state index in [2.05, 4.69) is 15.4 Å². The lowest BCUT2D eigenvalue weighted by atomic mass is 10.2. The molecule has 1 saturated heterocycles. The minimum atomic E-state index is -0.516. The van der Waals surface area contributed by atoms with Gasteiger partial charge in [0.15, 0.2) is 0 Å². The Labute approximate surface area is 113 Å². The number of hydrogen-bond acceptors (Lipinski definition) is 5. The molecule has 7 heteroatoms. The molecule has 0 radical (unpaired) electrons. The third-order valence-corrected chi connectivity index (χ3v) is 2.34. The number of hydrogen-bond donors (Lipinski definition) is 2. The number of carbonyl (C=O) groups is 2. The fourth-order valence-corrected chi connectivity index (χ4v) is 1.64. The van der Waals surface area contributed by atoms with Crippen LogP contribution in [0.4, 0.5) is 4.79 Å². The molecule has 2 atom stereocenters. The summed E-state index contributed by atoms with van der Waals surface area (Å²) < 4.78 is 9.75. The summed E-state index contributed by atoms with van der Waals surface area (Å²) in [6, 6.07) is -0.450. The van der Waals surface area contributed by atoms with Crippen LogP contribution in [0.5, 0.6) is 0 Å². The first-order valence-electron chi connectivity index (χ1n) is 5.62. The maximum Gasteiger partial charge on any atom is 0.407 e. The van der Waals surface area contributed by atoms with Gasteiger partial charge in [0, 0.05) is 12.6 Å². The van der Waals surface area contributed by atoms with Gasteiger partial charge >= 0.3 is 12.1 Å². The molecule has 18 heavy (non-hydrogen) atoms. The Morgan fingerprint density at radius 2 is 1.94 bits per heavy atom. The molecule has 106 valence electrons. The van der Waals surface area contributed by atoms with Gasteiger partial charge in [-0.3, -0.25) is 4.79 Å². The van der Waals surface area contributed by atoms with Gasteiger partial charge in [0.05, 0.1) is 7.11 Å². The van der Waals surface area contributed by atoms with E-state index in [1.165, 1.54) is 7.11 Å². The molecular formula is C11H21ClN2O4. The van der Waals surface area contributed by atoms with E-state index in [0.717, 1.165) is 0 Å². The minimum Gasteiger partial charge on any atom is -0.468 e. The Bertz CT molecular complexity index is 304. The molecule has 2 N–H and O–H groups in total. The quantitative estimate of drug-likeness (QED) is 0.733.